The number of hydrogen-bond acceptors (Lipinski definition) is 5. The van der Waals surface area contributed by atoms with Crippen LogP contribution in [-0.4, -0.2) is 56.1 Å². The third-order valence-corrected chi connectivity index (χ3v) is 11.2. The maximum absolute atomic E-state index is 11.6. The van der Waals surface area contributed by atoms with Crippen molar-refractivity contribution in [2.45, 2.75) is 116 Å². The fourth-order valence-corrected chi connectivity index (χ4v) is 9.22. The number of rotatable bonds is 6. The predicted octanol–water partition coefficient (Wildman–Crippen LogP) is 3.50. The summed E-state index contributed by atoms with van der Waals surface area (Å²) >= 11 is 0. The van der Waals surface area contributed by atoms with Crippen LogP contribution in [0.3, 0.4) is 0 Å². The number of aliphatic hydroxyl groups excluding tert-OH is 4. The zero-order valence-corrected chi connectivity index (χ0v) is 20.7. The van der Waals surface area contributed by atoms with Crippen molar-refractivity contribution < 1.29 is 25.5 Å². The Hall–Kier alpha value is -0.200. The molecule has 32 heavy (non-hydrogen) atoms. The molecule has 4 aliphatic carbocycles. The molecule has 0 aromatic carbocycles. The van der Waals surface area contributed by atoms with Gasteiger partial charge in [0.2, 0.25) is 0 Å². The summed E-state index contributed by atoms with van der Waals surface area (Å²) in [6, 6.07) is 0. The number of fused-ring (bicyclic) bond motifs is 5. The minimum atomic E-state index is -1.01. The van der Waals surface area contributed by atoms with Crippen LogP contribution in [-0.2, 0) is 0 Å². The summed E-state index contributed by atoms with van der Waals surface area (Å²) in [7, 11) is 0. The van der Waals surface area contributed by atoms with E-state index in [4.69, 9.17) is 0 Å². The summed E-state index contributed by atoms with van der Waals surface area (Å²) in [5.41, 5.74) is -1.06. The molecule has 186 valence electrons. The van der Waals surface area contributed by atoms with E-state index in [2.05, 4.69) is 20.8 Å². The molecule has 4 saturated carbocycles. The van der Waals surface area contributed by atoms with E-state index in [9.17, 15) is 25.5 Å². The fourth-order valence-electron chi connectivity index (χ4n) is 9.22. The minimum Gasteiger partial charge on any atom is -0.393 e. The SMILES string of the molecule is C[C@H](CCCC(C)(O)CO)[C@H]1CC[C@H]2[C@@H]3C(O)CC4CC(O)CC[C@]4(C)[C@H]3CC(O)[C@]12C. The average Bonchev–Trinajstić information content (AvgIpc) is 3.08. The molecule has 4 rings (SSSR count). The molecular formula is C27H48O5. The van der Waals surface area contributed by atoms with Gasteiger partial charge in [0.1, 0.15) is 0 Å². The zero-order valence-electron chi connectivity index (χ0n) is 20.7. The Labute approximate surface area is 194 Å². The van der Waals surface area contributed by atoms with Gasteiger partial charge in [-0.05, 0) is 105 Å². The molecule has 0 aliphatic heterocycles. The number of hydrogen-bond donors (Lipinski definition) is 5. The Balaban J connectivity index is 1.51. The second-order valence-electron chi connectivity index (χ2n) is 13.1. The quantitative estimate of drug-likeness (QED) is 0.425. The van der Waals surface area contributed by atoms with Crippen LogP contribution in [0.2, 0.25) is 0 Å². The Morgan fingerprint density at radius 1 is 1.00 bits per heavy atom. The van der Waals surface area contributed by atoms with Crippen LogP contribution in [0.4, 0.5) is 0 Å². The molecule has 12 atom stereocenters. The van der Waals surface area contributed by atoms with E-state index in [1.54, 1.807) is 6.92 Å². The number of aliphatic hydroxyl groups is 5. The molecule has 4 aliphatic rings. The summed E-state index contributed by atoms with van der Waals surface area (Å²) < 4.78 is 0. The Bertz CT molecular complexity index is 666. The van der Waals surface area contributed by atoms with Crippen LogP contribution in [0, 0.1) is 46.3 Å². The summed E-state index contributed by atoms with van der Waals surface area (Å²) in [6.45, 7) is 8.45. The molecule has 0 radical (unpaired) electrons. The van der Waals surface area contributed by atoms with E-state index in [0.29, 0.717) is 36.0 Å². The van der Waals surface area contributed by atoms with Crippen LogP contribution in [0.1, 0.15) is 91.9 Å². The lowest BCUT2D eigenvalue weighted by Crippen LogP contribution is -2.62. The third-order valence-electron chi connectivity index (χ3n) is 11.2. The van der Waals surface area contributed by atoms with Gasteiger partial charge in [-0.25, -0.2) is 0 Å². The maximum Gasteiger partial charge on any atom is 0.0849 e. The molecule has 0 amide bonds. The van der Waals surface area contributed by atoms with Gasteiger partial charge in [0.15, 0.2) is 0 Å². The van der Waals surface area contributed by atoms with Crippen LogP contribution < -0.4 is 0 Å². The first-order valence-corrected chi connectivity index (χ1v) is 13.3. The third kappa shape index (κ3) is 3.98. The lowest BCUT2D eigenvalue weighted by molar-refractivity contribution is -0.207. The second-order valence-corrected chi connectivity index (χ2v) is 13.1. The van der Waals surface area contributed by atoms with Gasteiger partial charge in [-0.15, -0.1) is 0 Å². The largest absolute Gasteiger partial charge is 0.393 e. The molecular weight excluding hydrogens is 404 g/mol. The fraction of sp³-hybridized carbons (Fsp3) is 1.00. The van der Waals surface area contributed by atoms with E-state index in [1.165, 1.54) is 0 Å². The average molecular weight is 453 g/mol. The van der Waals surface area contributed by atoms with E-state index in [1.807, 2.05) is 0 Å². The van der Waals surface area contributed by atoms with Crippen molar-refractivity contribution >= 4 is 0 Å². The van der Waals surface area contributed by atoms with Gasteiger partial charge in [-0.2, -0.15) is 0 Å². The predicted molar refractivity (Wildman–Crippen MR) is 125 cm³/mol. The van der Waals surface area contributed by atoms with Crippen molar-refractivity contribution in [1.82, 2.24) is 0 Å². The molecule has 0 aromatic rings. The highest BCUT2D eigenvalue weighted by Gasteiger charge is 2.65. The summed E-state index contributed by atoms with van der Waals surface area (Å²) in [5.74, 6) is 2.17. The van der Waals surface area contributed by atoms with Crippen LogP contribution in [0.5, 0.6) is 0 Å². The monoisotopic (exact) mass is 452 g/mol. The van der Waals surface area contributed by atoms with Crippen LogP contribution >= 0.6 is 0 Å². The molecule has 0 spiro atoms. The summed E-state index contributed by atoms with van der Waals surface area (Å²) in [4.78, 5) is 0. The standard InChI is InChI=1S/C27H48O5/c1-16(6-5-10-25(2,32)15-28)19-7-8-20-24-21(14-23(31)27(19,20)4)26(3)11-9-18(29)12-17(26)13-22(24)30/h16-24,28-32H,5-15H2,1-4H3/t16-,17?,18?,19-,20+,21+,22?,23?,24+,25?,26+,27-/m1/s1. The first-order valence-electron chi connectivity index (χ1n) is 13.3. The first kappa shape index (κ1) is 24.9. The van der Waals surface area contributed by atoms with Gasteiger partial charge in [0.25, 0.3) is 0 Å². The maximum atomic E-state index is 11.6. The first-order chi connectivity index (χ1) is 14.9. The van der Waals surface area contributed by atoms with Crippen LogP contribution in [0.25, 0.3) is 0 Å². The molecule has 5 unspecified atom stereocenters. The van der Waals surface area contributed by atoms with Gasteiger partial charge in [-0.3, -0.25) is 0 Å². The van der Waals surface area contributed by atoms with Crippen LogP contribution in [0.15, 0.2) is 0 Å². The highest BCUT2D eigenvalue weighted by atomic mass is 16.3. The second kappa shape index (κ2) is 8.78. The zero-order chi connectivity index (χ0) is 23.5. The van der Waals surface area contributed by atoms with Gasteiger partial charge in [0.05, 0.1) is 30.5 Å². The van der Waals surface area contributed by atoms with E-state index >= 15 is 0 Å². The van der Waals surface area contributed by atoms with Crippen molar-refractivity contribution in [3.05, 3.63) is 0 Å². The normalized spacial score (nSPS) is 51.3. The summed E-state index contributed by atoms with van der Waals surface area (Å²) in [6.07, 6.45) is 7.96. The molecule has 5 N–H and O–H groups in total. The van der Waals surface area contributed by atoms with Crippen molar-refractivity contribution in [3.8, 4) is 0 Å². The molecule has 5 nitrogen and oxygen atoms in total. The Kier molecular flexibility index (Phi) is 6.84. The van der Waals surface area contributed by atoms with Crippen molar-refractivity contribution in [3.63, 3.8) is 0 Å². The van der Waals surface area contributed by atoms with Gasteiger partial charge in [-0.1, -0.05) is 33.6 Å². The lowest BCUT2D eigenvalue weighted by Gasteiger charge is -2.63. The smallest absolute Gasteiger partial charge is 0.0849 e. The van der Waals surface area contributed by atoms with E-state index in [0.717, 1.165) is 57.8 Å². The molecule has 0 heterocycles. The molecule has 4 fully saturated rings. The van der Waals surface area contributed by atoms with Gasteiger partial charge in [0, 0.05) is 0 Å². The van der Waals surface area contributed by atoms with Crippen molar-refractivity contribution in [1.29, 1.82) is 0 Å². The van der Waals surface area contributed by atoms with E-state index < -0.39 is 5.60 Å². The van der Waals surface area contributed by atoms with E-state index in [-0.39, 0.29) is 41.7 Å². The highest BCUT2D eigenvalue weighted by Crippen LogP contribution is 2.68. The highest BCUT2D eigenvalue weighted by molar-refractivity contribution is 5.14. The molecule has 5 heteroatoms. The minimum absolute atomic E-state index is 0.116. The Morgan fingerprint density at radius 3 is 2.41 bits per heavy atom. The Morgan fingerprint density at radius 2 is 1.72 bits per heavy atom. The molecule has 0 aromatic heterocycles. The topological polar surface area (TPSA) is 101 Å². The lowest BCUT2D eigenvalue weighted by atomic mass is 9.43. The summed E-state index contributed by atoms with van der Waals surface area (Å²) in [5, 5.41) is 52.7. The van der Waals surface area contributed by atoms with Gasteiger partial charge < -0.3 is 25.5 Å². The molecule has 0 saturated heterocycles. The van der Waals surface area contributed by atoms with Crippen molar-refractivity contribution in [2.24, 2.45) is 46.3 Å². The molecule has 0 bridgehead atoms. The van der Waals surface area contributed by atoms with Gasteiger partial charge >= 0.3 is 0 Å². The van der Waals surface area contributed by atoms with Crippen molar-refractivity contribution in [2.75, 3.05) is 6.61 Å².